The van der Waals surface area contributed by atoms with Crippen molar-refractivity contribution in [3.8, 4) is 0 Å². The second-order valence-electron chi connectivity index (χ2n) is 4.40. The van der Waals surface area contributed by atoms with Gasteiger partial charge in [-0.25, -0.2) is 9.18 Å². The normalized spacial score (nSPS) is 23.2. The summed E-state index contributed by atoms with van der Waals surface area (Å²) >= 11 is 1.50. The molecule has 2 rings (SSSR count). The van der Waals surface area contributed by atoms with Gasteiger partial charge in [-0.15, -0.1) is 11.8 Å². The van der Waals surface area contributed by atoms with E-state index in [2.05, 4.69) is 0 Å². The monoisotopic (exact) mass is 270 g/mol. The van der Waals surface area contributed by atoms with Gasteiger partial charge in [-0.1, -0.05) is 0 Å². The summed E-state index contributed by atoms with van der Waals surface area (Å²) in [5.41, 5.74) is -0.277. The molecule has 0 radical (unpaired) electrons. The lowest BCUT2D eigenvalue weighted by atomic mass is 10.2. The standard InChI is InChI=1S/C13H15FO3S/c1-8-2-3-9(17-8)7-18-10-4-5-12(14)11(6-10)13(15)16/h4-6,8-9H,2-3,7H2,1H3,(H,15,16). The number of halogens is 1. The van der Waals surface area contributed by atoms with Crippen LogP contribution in [-0.2, 0) is 4.74 Å². The Labute approximate surface area is 109 Å². The largest absolute Gasteiger partial charge is 0.478 e. The number of carboxylic acid groups (broad SMARTS) is 1. The summed E-state index contributed by atoms with van der Waals surface area (Å²) in [7, 11) is 0. The van der Waals surface area contributed by atoms with Crippen molar-refractivity contribution in [3.63, 3.8) is 0 Å². The van der Waals surface area contributed by atoms with Gasteiger partial charge in [0.15, 0.2) is 0 Å². The molecule has 0 bridgehead atoms. The van der Waals surface area contributed by atoms with Crippen molar-refractivity contribution < 1.29 is 19.0 Å². The summed E-state index contributed by atoms with van der Waals surface area (Å²) in [5.74, 6) is -1.16. The molecule has 0 saturated carbocycles. The molecule has 1 N–H and O–H groups in total. The van der Waals surface area contributed by atoms with Crippen molar-refractivity contribution in [1.82, 2.24) is 0 Å². The van der Waals surface area contributed by atoms with Crippen LogP contribution in [0.2, 0.25) is 0 Å². The molecule has 1 saturated heterocycles. The quantitative estimate of drug-likeness (QED) is 0.854. The van der Waals surface area contributed by atoms with Gasteiger partial charge in [-0.3, -0.25) is 0 Å². The van der Waals surface area contributed by atoms with Gasteiger partial charge < -0.3 is 9.84 Å². The number of carboxylic acids is 1. The molecule has 1 aromatic carbocycles. The van der Waals surface area contributed by atoms with Gasteiger partial charge in [-0.05, 0) is 38.0 Å². The maximum Gasteiger partial charge on any atom is 0.338 e. The van der Waals surface area contributed by atoms with E-state index < -0.39 is 11.8 Å². The van der Waals surface area contributed by atoms with Crippen molar-refractivity contribution >= 4 is 17.7 Å². The highest BCUT2D eigenvalue weighted by molar-refractivity contribution is 7.99. The molecular weight excluding hydrogens is 255 g/mol. The molecule has 1 aliphatic rings. The van der Waals surface area contributed by atoms with Gasteiger partial charge in [0, 0.05) is 10.6 Å². The van der Waals surface area contributed by atoms with E-state index in [1.165, 1.54) is 23.9 Å². The van der Waals surface area contributed by atoms with Crippen LogP contribution in [-0.4, -0.2) is 29.0 Å². The van der Waals surface area contributed by atoms with E-state index in [1.54, 1.807) is 6.07 Å². The first kappa shape index (κ1) is 13.4. The maximum atomic E-state index is 13.2. The number of hydrogen-bond donors (Lipinski definition) is 1. The molecule has 1 aromatic rings. The average Bonchev–Trinajstić information content (AvgIpc) is 2.74. The Bertz CT molecular complexity index is 450. The molecule has 0 aliphatic carbocycles. The molecule has 0 aromatic heterocycles. The van der Waals surface area contributed by atoms with Crippen molar-refractivity contribution in [2.75, 3.05) is 5.75 Å². The first-order valence-electron chi connectivity index (χ1n) is 5.87. The Morgan fingerprint density at radius 1 is 1.56 bits per heavy atom. The van der Waals surface area contributed by atoms with Gasteiger partial charge in [0.25, 0.3) is 0 Å². The zero-order valence-corrected chi connectivity index (χ0v) is 10.9. The smallest absolute Gasteiger partial charge is 0.338 e. The number of carbonyl (C=O) groups is 1. The summed E-state index contributed by atoms with van der Waals surface area (Å²) in [5, 5.41) is 8.83. The van der Waals surface area contributed by atoms with E-state index in [9.17, 15) is 9.18 Å². The Hall–Kier alpha value is -1.07. The minimum atomic E-state index is -1.24. The molecule has 5 heteroatoms. The van der Waals surface area contributed by atoms with Crippen LogP contribution in [0.25, 0.3) is 0 Å². The predicted octanol–water partition coefficient (Wildman–Crippen LogP) is 3.18. The van der Waals surface area contributed by atoms with Gasteiger partial charge in [-0.2, -0.15) is 0 Å². The first-order valence-corrected chi connectivity index (χ1v) is 6.86. The van der Waals surface area contributed by atoms with E-state index in [0.717, 1.165) is 23.5 Å². The molecule has 2 unspecified atom stereocenters. The fraction of sp³-hybridized carbons (Fsp3) is 0.462. The number of benzene rings is 1. The summed E-state index contributed by atoms with van der Waals surface area (Å²) in [4.78, 5) is 11.6. The molecule has 0 spiro atoms. The molecule has 18 heavy (non-hydrogen) atoms. The van der Waals surface area contributed by atoms with Crippen LogP contribution in [0.4, 0.5) is 4.39 Å². The highest BCUT2D eigenvalue weighted by atomic mass is 32.2. The summed E-state index contributed by atoms with van der Waals surface area (Å²) in [6, 6.07) is 4.18. The van der Waals surface area contributed by atoms with Crippen LogP contribution in [0.3, 0.4) is 0 Å². The number of ether oxygens (including phenoxy) is 1. The van der Waals surface area contributed by atoms with E-state index in [-0.39, 0.29) is 11.7 Å². The van der Waals surface area contributed by atoms with Crippen molar-refractivity contribution in [1.29, 1.82) is 0 Å². The Morgan fingerprint density at radius 2 is 2.33 bits per heavy atom. The number of thioether (sulfide) groups is 1. The molecule has 98 valence electrons. The van der Waals surface area contributed by atoms with Gasteiger partial charge in [0.1, 0.15) is 5.82 Å². The fourth-order valence-electron chi connectivity index (χ4n) is 1.96. The average molecular weight is 270 g/mol. The topological polar surface area (TPSA) is 46.5 Å². The lowest BCUT2D eigenvalue weighted by Crippen LogP contribution is -2.10. The van der Waals surface area contributed by atoms with Crippen molar-refractivity contribution in [3.05, 3.63) is 29.6 Å². The Morgan fingerprint density at radius 3 is 2.94 bits per heavy atom. The summed E-state index contributed by atoms with van der Waals surface area (Å²) < 4.78 is 18.9. The highest BCUT2D eigenvalue weighted by Gasteiger charge is 2.21. The molecular formula is C13H15FO3S. The second-order valence-corrected chi connectivity index (χ2v) is 5.50. The molecule has 0 amide bonds. The Balaban J connectivity index is 1.97. The summed E-state index contributed by atoms with van der Waals surface area (Å²) in [6.07, 6.45) is 2.61. The first-order chi connectivity index (χ1) is 8.56. The van der Waals surface area contributed by atoms with E-state index in [1.807, 2.05) is 6.92 Å². The summed E-state index contributed by atoms with van der Waals surface area (Å²) in [6.45, 7) is 2.05. The third kappa shape index (κ3) is 3.23. The van der Waals surface area contributed by atoms with E-state index in [4.69, 9.17) is 9.84 Å². The molecule has 1 fully saturated rings. The fourth-order valence-corrected chi connectivity index (χ4v) is 2.94. The Kier molecular flexibility index (Phi) is 4.24. The zero-order chi connectivity index (χ0) is 13.1. The molecule has 3 nitrogen and oxygen atoms in total. The van der Waals surface area contributed by atoms with E-state index >= 15 is 0 Å². The van der Waals surface area contributed by atoms with Crippen molar-refractivity contribution in [2.24, 2.45) is 0 Å². The van der Waals surface area contributed by atoms with Crippen LogP contribution >= 0.6 is 11.8 Å². The molecule has 1 heterocycles. The van der Waals surface area contributed by atoms with Gasteiger partial charge >= 0.3 is 5.97 Å². The minimum Gasteiger partial charge on any atom is -0.478 e. The third-order valence-corrected chi connectivity index (χ3v) is 4.05. The lowest BCUT2D eigenvalue weighted by molar-refractivity contribution is 0.0690. The maximum absolute atomic E-state index is 13.2. The van der Waals surface area contributed by atoms with Crippen LogP contribution in [0.1, 0.15) is 30.1 Å². The number of hydrogen-bond acceptors (Lipinski definition) is 3. The van der Waals surface area contributed by atoms with E-state index in [0.29, 0.717) is 6.10 Å². The highest BCUT2D eigenvalue weighted by Crippen LogP contribution is 2.27. The van der Waals surface area contributed by atoms with Crippen LogP contribution in [0, 0.1) is 5.82 Å². The SMILES string of the molecule is CC1CCC(CSc2ccc(F)c(C(=O)O)c2)O1. The van der Waals surface area contributed by atoms with Gasteiger partial charge in [0.2, 0.25) is 0 Å². The number of rotatable bonds is 4. The van der Waals surface area contributed by atoms with Crippen LogP contribution in [0.5, 0.6) is 0 Å². The molecule has 1 aliphatic heterocycles. The predicted molar refractivity (Wildman–Crippen MR) is 67.7 cm³/mol. The zero-order valence-electron chi connectivity index (χ0n) is 10.1. The van der Waals surface area contributed by atoms with Crippen LogP contribution < -0.4 is 0 Å². The molecule has 2 atom stereocenters. The minimum absolute atomic E-state index is 0.211. The third-order valence-electron chi connectivity index (χ3n) is 2.92. The lowest BCUT2D eigenvalue weighted by Gasteiger charge is -2.10. The second kappa shape index (κ2) is 5.71. The van der Waals surface area contributed by atoms with Crippen molar-refractivity contribution in [2.45, 2.75) is 36.9 Å². The van der Waals surface area contributed by atoms with Crippen LogP contribution in [0.15, 0.2) is 23.1 Å². The van der Waals surface area contributed by atoms with Gasteiger partial charge in [0.05, 0.1) is 17.8 Å². The number of aromatic carboxylic acids is 1.